The number of fused-ring (bicyclic) bond motifs is 2. The van der Waals surface area contributed by atoms with Crippen molar-refractivity contribution in [3.8, 4) is 11.3 Å². The third kappa shape index (κ3) is 4.55. The van der Waals surface area contributed by atoms with E-state index in [9.17, 15) is 13.2 Å². The van der Waals surface area contributed by atoms with Gasteiger partial charge < -0.3 is 5.32 Å². The van der Waals surface area contributed by atoms with Crippen molar-refractivity contribution in [1.29, 1.82) is 0 Å². The maximum Gasteiger partial charge on any atom is 0.418 e. The van der Waals surface area contributed by atoms with E-state index in [1.54, 1.807) is 24.3 Å². The first kappa shape index (κ1) is 23.2. The lowest BCUT2D eigenvalue weighted by atomic mass is 10.0. The second-order valence-corrected chi connectivity index (χ2v) is 8.60. The average Bonchev–Trinajstić information content (AvgIpc) is 3.09. The van der Waals surface area contributed by atoms with Crippen molar-refractivity contribution in [3.05, 3.63) is 70.8 Å². The lowest BCUT2D eigenvalue weighted by Crippen LogP contribution is -2.14. The predicted molar refractivity (Wildman–Crippen MR) is 130 cm³/mol. The molecule has 4 aromatic rings. The van der Waals surface area contributed by atoms with Gasteiger partial charge in [0.05, 0.1) is 39.2 Å². The van der Waals surface area contributed by atoms with E-state index < -0.39 is 17.8 Å². The van der Waals surface area contributed by atoms with E-state index in [4.69, 9.17) is 11.6 Å². The van der Waals surface area contributed by atoms with Gasteiger partial charge in [0.25, 0.3) is 0 Å². The van der Waals surface area contributed by atoms with Crippen LogP contribution in [0.2, 0.25) is 5.02 Å². The zero-order valence-corrected chi connectivity index (χ0v) is 19.4. The van der Waals surface area contributed by atoms with Crippen LogP contribution >= 0.6 is 11.6 Å². The number of halogens is 4. The summed E-state index contributed by atoms with van der Waals surface area (Å²) in [4.78, 5) is 22.3. The van der Waals surface area contributed by atoms with E-state index >= 15 is 0 Å². The van der Waals surface area contributed by atoms with E-state index in [1.165, 1.54) is 18.5 Å². The molecule has 0 spiro atoms. The van der Waals surface area contributed by atoms with E-state index in [-0.39, 0.29) is 16.7 Å². The average molecular weight is 497 g/mol. The highest BCUT2D eigenvalue weighted by Gasteiger charge is 2.34. The molecule has 0 radical (unpaired) electrons. The fraction of sp³-hybridized carbons (Fsp3) is 0.240. The van der Waals surface area contributed by atoms with Gasteiger partial charge in [-0.25, -0.2) is 19.9 Å². The maximum atomic E-state index is 13.7. The van der Waals surface area contributed by atoms with Crippen LogP contribution in [0.25, 0.3) is 22.3 Å². The summed E-state index contributed by atoms with van der Waals surface area (Å²) in [5, 5.41) is 3.68. The molecule has 35 heavy (non-hydrogen) atoms. The number of para-hydroxylation sites is 1. The van der Waals surface area contributed by atoms with Crippen molar-refractivity contribution in [2.45, 2.75) is 38.4 Å². The minimum absolute atomic E-state index is 0.138. The van der Waals surface area contributed by atoms with Crippen LogP contribution < -0.4 is 5.32 Å². The lowest BCUT2D eigenvalue weighted by Gasteiger charge is -2.20. The van der Waals surface area contributed by atoms with Crippen molar-refractivity contribution in [1.82, 2.24) is 19.9 Å². The molecule has 0 saturated carbocycles. The molecule has 0 aliphatic carbocycles. The molecule has 1 aliphatic heterocycles. The zero-order chi connectivity index (χ0) is 24.6. The highest BCUT2D eigenvalue weighted by molar-refractivity contribution is 6.33. The van der Waals surface area contributed by atoms with Gasteiger partial charge in [0, 0.05) is 11.8 Å². The number of aryl methyl sites for hydroxylation is 1. The number of aliphatic imine (C=N–C) groups is 1. The van der Waals surface area contributed by atoms with Crippen molar-refractivity contribution in [2.24, 2.45) is 4.99 Å². The largest absolute Gasteiger partial charge is 0.418 e. The molecule has 178 valence electrons. The van der Waals surface area contributed by atoms with Gasteiger partial charge in [-0.05, 0) is 44.4 Å². The molecule has 0 unspecified atom stereocenters. The summed E-state index contributed by atoms with van der Waals surface area (Å²) in [6.45, 7) is 1.85. The molecule has 1 N–H and O–H groups in total. The van der Waals surface area contributed by atoms with Crippen LogP contribution in [0.1, 0.15) is 42.8 Å². The second kappa shape index (κ2) is 9.22. The van der Waals surface area contributed by atoms with Crippen LogP contribution in [-0.2, 0) is 12.6 Å². The summed E-state index contributed by atoms with van der Waals surface area (Å²) in [5.74, 6) is 0.525. The van der Waals surface area contributed by atoms with E-state index in [0.29, 0.717) is 27.8 Å². The van der Waals surface area contributed by atoms with Crippen LogP contribution in [0.15, 0.2) is 53.8 Å². The number of alkyl halides is 3. The quantitative estimate of drug-likeness (QED) is 0.330. The fourth-order valence-electron chi connectivity index (χ4n) is 4.10. The van der Waals surface area contributed by atoms with Gasteiger partial charge >= 0.3 is 6.18 Å². The fourth-order valence-corrected chi connectivity index (χ4v) is 4.33. The normalized spacial score (nSPS) is 14.4. The van der Waals surface area contributed by atoms with Gasteiger partial charge in [-0.1, -0.05) is 35.9 Å². The topological polar surface area (TPSA) is 76.0 Å². The minimum Gasteiger partial charge on any atom is -0.360 e. The standard InChI is InChI=1S/C25H20ClF3N6/c1-14(33-24-23-18(31-13-32-24)10-4-5-12-30-23)20-21(15-7-2-3-9-17(15)26)35-22-16(25(27,28)29)8-6-11-19(22)34-20/h2-3,6-9,11-14H,4-5,10H2,1H3,(H,31,32,33)/t14-/m0/s1. The first-order valence-electron chi connectivity index (χ1n) is 11.1. The predicted octanol–water partition coefficient (Wildman–Crippen LogP) is 6.97. The summed E-state index contributed by atoms with van der Waals surface area (Å²) < 4.78 is 41.2. The van der Waals surface area contributed by atoms with Crippen molar-refractivity contribution < 1.29 is 13.2 Å². The summed E-state index contributed by atoms with van der Waals surface area (Å²) in [7, 11) is 0. The molecule has 10 heteroatoms. The molecule has 2 aromatic heterocycles. The number of hydrogen-bond donors (Lipinski definition) is 1. The van der Waals surface area contributed by atoms with E-state index in [2.05, 4.69) is 30.2 Å². The third-order valence-electron chi connectivity index (χ3n) is 5.78. The zero-order valence-electron chi connectivity index (χ0n) is 18.6. The number of rotatable bonds is 4. The van der Waals surface area contributed by atoms with E-state index in [1.807, 2.05) is 13.1 Å². The Kier molecular flexibility index (Phi) is 6.10. The number of aromatic nitrogens is 4. The van der Waals surface area contributed by atoms with Crippen molar-refractivity contribution in [2.75, 3.05) is 5.32 Å². The Morgan fingerprint density at radius 3 is 2.66 bits per heavy atom. The highest BCUT2D eigenvalue weighted by atomic mass is 35.5. The molecular weight excluding hydrogens is 477 g/mol. The van der Waals surface area contributed by atoms with Crippen LogP contribution in [0.4, 0.5) is 24.7 Å². The lowest BCUT2D eigenvalue weighted by molar-refractivity contribution is -0.136. The Morgan fingerprint density at radius 2 is 1.86 bits per heavy atom. The number of anilines is 1. The summed E-state index contributed by atoms with van der Waals surface area (Å²) >= 11 is 6.44. The number of nitrogens with zero attached hydrogens (tertiary/aromatic N) is 5. The molecule has 6 nitrogen and oxygen atoms in total. The van der Waals surface area contributed by atoms with Crippen molar-refractivity contribution >= 4 is 40.4 Å². The highest BCUT2D eigenvalue weighted by Crippen LogP contribution is 2.38. The monoisotopic (exact) mass is 496 g/mol. The first-order chi connectivity index (χ1) is 16.8. The van der Waals surface area contributed by atoms with Crippen LogP contribution in [0.3, 0.4) is 0 Å². The Morgan fingerprint density at radius 1 is 1.03 bits per heavy atom. The molecule has 5 rings (SSSR count). The number of hydrogen-bond acceptors (Lipinski definition) is 6. The molecule has 2 aromatic carbocycles. The number of nitrogens with one attached hydrogen (secondary N) is 1. The van der Waals surface area contributed by atoms with Gasteiger partial charge in [0.15, 0.2) is 5.82 Å². The van der Waals surface area contributed by atoms with Crippen LogP contribution in [-0.4, -0.2) is 26.2 Å². The van der Waals surface area contributed by atoms with Crippen molar-refractivity contribution in [3.63, 3.8) is 0 Å². The molecule has 1 atom stereocenters. The van der Waals surface area contributed by atoms with Crippen LogP contribution in [0.5, 0.6) is 0 Å². The second-order valence-electron chi connectivity index (χ2n) is 8.20. The molecule has 3 heterocycles. The number of benzene rings is 2. The van der Waals surface area contributed by atoms with Gasteiger partial charge in [-0.3, -0.25) is 4.99 Å². The van der Waals surface area contributed by atoms with E-state index in [0.717, 1.165) is 31.0 Å². The summed E-state index contributed by atoms with van der Waals surface area (Å²) in [5.41, 5.74) is 1.75. The molecule has 0 saturated heterocycles. The molecule has 0 bridgehead atoms. The third-order valence-corrected chi connectivity index (χ3v) is 6.11. The molecule has 0 amide bonds. The Balaban J connectivity index is 1.67. The SMILES string of the molecule is C[C@H](Nc1ncnc2c1N=CCCC2)c1nc2cccc(C(F)(F)F)c2nc1-c1ccccc1Cl. The minimum atomic E-state index is -4.58. The van der Waals surface area contributed by atoms with Gasteiger partial charge in [0.2, 0.25) is 0 Å². The molecular formula is C25H20ClF3N6. The van der Waals surface area contributed by atoms with Gasteiger partial charge in [0.1, 0.15) is 17.5 Å². The van der Waals surface area contributed by atoms with Gasteiger partial charge in [-0.15, -0.1) is 0 Å². The first-order valence-corrected chi connectivity index (χ1v) is 11.5. The smallest absolute Gasteiger partial charge is 0.360 e. The summed E-state index contributed by atoms with van der Waals surface area (Å²) in [6, 6.07) is 10.3. The van der Waals surface area contributed by atoms with Gasteiger partial charge in [-0.2, -0.15) is 13.2 Å². The Hall–Kier alpha value is -3.59. The van der Waals surface area contributed by atoms with Crippen LogP contribution in [0, 0.1) is 0 Å². The maximum absolute atomic E-state index is 13.7. The molecule has 0 fully saturated rings. The Bertz CT molecular complexity index is 1440. The molecule has 1 aliphatic rings. The Labute approximate surface area is 204 Å². The summed E-state index contributed by atoms with van der Waals surface area (Å²) in [6.07, 6.45) is 1.31.